The quantitative estimate of drug-likeness (QED) is 0.841. The molecule has 1 saturated carbocycles. The van der Waals surface area contributed by atoms with E-state index in [1.165, 1.54) is 18.0 Å². The fraction of sp³-hybridized carbons (Fsp3) is 0.500. The van der Waals surface area contributed by atoms with Crippen LogP contribution >= 0.6 is 11.3 Å². The van der Waals surface area contributed by atoms with E-state index in [0.717, 1.165) is 32.4 Å². The number of halogens is 1. The van der Waals surface area contributed by atoms with Crippen LogP contribution in [0.5, 0.6) is 0 Å². The number of rotatable bonds is 4. The molecule has 1 aliphatic carbocycles. The predicted molar refractivity (Wildman–Crippen MR) is 94.8 cm³/mol. The first-order chi connectivity index (χ1) is 12.1. The van der Waals surface area contributed by atoms with E-state index in [2.05, 4.69) is 31.7 Å². The Balaban J connectivity index is 1.40. The number of nitrogens with zero attached hydrogens (tertiary/aromatic N) is 4. The van der Waals surface area contributed by atoms with Gasteiger partial charge in [-0.3, -0.25) is 4.79 Å². The molecular formula is C18H21FN4OS. The Morgan fingerprint density at radius 3 is 2.72 bits per heavy atom. The fourth-order valence-electron chi connectivity index (χ4n) is 3.95. The zero-order valence-corrected chi connectivity index (χ0v) is 15.0. The first-order valence-corrected chi connectivity index (χ1v) is 9.52. The molecule has 3 heterocycles. The van der Waals surface area contributed by atoms with Crippen molar-refractivity contribution in [2.75, 3.05) is 18.0 Å². The Kier molecular flexibility index (Phi) is 4.19. The summed E-state index contributed by atoms with van der Waals surface area (Å²) in [7, 11) is 0. The van der Waals surface area contributed by atoms with Gasteiger partial charge in [0.1, 0.15) is 0 Å². The molecule has 0 unspecified atom stereocenters. The van der Waals surface area contributed by atoms with Crippen LogP contribution in [-0.4, -0.2) is 39.9 Å². The normalized spacial score (nSPS) is 21.4. The van der Waals surface area contributed by atoms with Crippen LogP contribution in [0.4, 0.5) is 10.3 Å². The second-order valence-corrected chi connectivity index (χ2v) is 7.83. The van der Waals surface area contributed by atoms with Gasteiger partial charge >= 0.3 is 0 Å². The smallest absolute Gasteiger partial charge is 0.225 e. The van der Waals surface area contributed by atoms with Crippen molar-refractivity contribution in [1.82, 2.24) is 14.9 Å². The first kappa shape index (κ1) is 16.4. The summed E-state index contributed by atoms with van der Waals surface area (Å²) in [5, 5.41) is 4.16. The summed E-state index contributed by atoms with van der Waals surface area (Å²) < 4.78 is 13.0. The maximum absolute atomic E-state index is 13.0. The molecule has 1 aliphatic heterocycles. The molecule has 2 aliphatic rings. The predicted octanol–water partition coefficient (Wildman–Crippen LogP) is 3.08. The van der Waals surface area contributed by atoms with Crippen LogP contribution in [0, 0.1) is 11.2 Å². The standard InChI is InChI=1S/C18H21FN4OS/c1-13(24)23(11-14-2-7-25-12-14)16-8-18(16)3-5-22(6-4-18)17-20-9-15(19)10-21-17/h2,7,9-10,12,16H,3-6,8,11H2,1H3/t16-/m1/s1. The minimum atomic E-state index is -0.412. The monoisotopic (exact) mass is 360 g/mol. The molecule has 132 valence electrons. The zero-order chi connectivity index (χ0) is 17.4. The highest BCUT2D eigenvalue weighted by Crippen LogP contribution is 2.57. The molecule has 1 amide bonds. The molecule has 2 aromatic rings. The molecule has 5 nitrogen and oxygen atoms in total. The van der Waals surface area contributed by atoms with Crippen LogP contribution < -0.4 is 4.90 Å². The molecule has 0 bridgehead atoms. The van der Waals surface area contributed by atoms with E-state index in [4.69, 9.17) is 0 Å². The van der Waals surface area contributed by atoms with Crippen molar-refractivity contribution >= 4 is 23.2 Å². The van der Waals surface area contributed by atoms with E-state index in [9.17, 15) is 9.18 Å². The maximum Gasteiger partial charge on any atom is 0.225 e. The number of piperidine rings is 1. The molecular weight excluding hydrogens is 339 g/mol. The lowest BCUT2D eigenvalue weighted by atomic mass is 9.92. The minimum absolute atomic E-state index is 0.150. The van der Waals surface area contributed by atoms with Crippen LogP contribution in [0.2, 0.25) is 0 Å². The lowest BCUT2D eigenvalue weighted by Crippen LogP contribution is -2.40. The van der Waals surface area contributed by atoms with E-state index in [1.807, 2.05) is 4.90 Å². The van der Waals surface area contributed by atoms with Gasteiger partial charge in [-0.15, -0.1) is 0 Å². The molecule has 25 heavy (non-hydrogen) atoms. The molecule has 1 atom stereocenters. The summed E-state index contributed by atoms with van der Waals surface area (Å²) in [5.41, 5.74) is 1.44. The zero-order valence-electron chi connectivity index (χ0n) is 14.2. The van der Waals surface area contributed by atoms with Gasteiger partial charge in [0.15, 0.2) is 5.82 Å². The van der Waals surface area contributed by atoms with Crippen LogP contribution in [0.25, 0.3) is 0 Å². The number of hydrogen-bond donors (Lipinski definition) is 0. The van der Waals surface area contributed by atoms with Gasteiger partial charge in [-0.25, -0.2) is 14.4 Å². The van der Waals surface area contributed by atoms with E-state index >= 15 is 0 Å². The molecule has 0 N–H and O–H groups in total. The number of hydrogen-bond acceptors (Lipinski definition) is 5. The van der Waals surface area contributed by atoms with Gasteiger partial charge in [0.25, 0.3) is 0 Å². The summed E-state index contributed by atoms with van der Waals surface area (Å²) in [6.45, 7) is 4.08. The van der Waals surface area contributed by atoms with Gasteiger partial charge < -0.3 is 9.80 Å². The van der Waals surface area contributed by atoms with E-state index in [0.29, 0.717) is 18.5 Å². The lowest BCUT2D eigenvalue weighted by Gasteiger charge is -2.34. The summed E-state index contributed by atoms with van der Waals surface area (Å²) >= 11 is 1.67. The Labute approximate surface area is 150 Å². The van der Waals surface area contributed by atoms with Crippen molar-refractivity contribution in [2.24, 2.45) is 5.41 Å². The molecule has 1 saturated heterocycles. The molecule has 0 radical (unpaired) electrons. The topological polar surface area (TPSA) is 49.3 Å². The minimum Gasteiger partial charge on any atom is -0.341 e. The van der Waals surface area contributed by atoms with Gasteiger partial charge in [0, 0.05) is 32.6 Å². The molecule has 7 heteroatoms. The van der Waals surface area contributed by atoms with Crippen LogP contribution in [-0.2, 0) is 11.3 Å². The first-order valence-electron chi connectivity index (χ1n) is 8.58. The second-order valence-electron chi connectivity index (χ2n) is 7.05. The molecule has 0 aromatic carbocycles. The highest BCUT2D eigenvalue weighted by atomic mass is 32.1. The summed E-state index contributed by atoms with van der Waals surface area (Å²) in [6.07, 6.45) is 5.54. The van der Waals surface area contributed by atoms with Gasteiger partial charge in [-0.2, -0.15) is 11.3 Å². The number of anilines is 1. The van der Waals surface area contributed by atoms with Crippen molar-refractivity contribution in [2.45, 2.75) is 38.8 Å². The Bertz CT molecular complexity index is 741. The SMILES string of the molecule is CC(=O)N(Cc1ccsc1)[C@@H]1CC12CCN(c1ncc(F)cn1)CC2. The van der Waals surface area contributed by atoms with Crippen LogP contribution in [0.1, 0.15) is 31.7 Å². The molecule has 1 spiro atoms. The summed E-state index contributed by atoms with van der Waals surface area (Å²) in [6, 6.07) is 2.42. The third-order valence-electron chi connectivity index (χ3n) is 5.51. The lowest BCUT2D eigenvalue weighted by molar-refractivity contribution is -0.130. The van der Waals surface area contributed by atoms with Gasteiger partial charge in [-0.1, -0.05) is 0 Å². The Morgan fingerprint density at radius 1 is 1.40 bits per heavy atom. The van der Waals surface area contributed by atoms with Crippen molar-refractivity contribution in [3.05, 3.63) is 40.6 Å². The van der Waals surface area contributed by atoms with Gasteiger partial charge in [-0.05, 0) is 47.1 Å². The van der Waals surface area contributed by atoms with E-state index in [1.54, 1.807) is 18.3 Å². The summed E-state index contributed by atoms with van der Waals surface area (Å²) in [5.74, 6) is 0.331. The summed E-state index contributed by atoms with van der Waals surface area (Å²) in [4.78, 5) is 24.5. The Morgan fingerprint density at radius 2 is 2.12 bits per heavy atom. The number of aromatic nitrogens is 2. The van der Waals surface area contributed by atoms with Crippen molar-refractivity contribution < 1.29 is 9.18 Å². The molecule has 2 fully saturated rings. The number of thiophene rings is 1. The van der Waals surface area contributed by atoms with Gasteiger partial charge in [0.2, 0.25) is 11.9 Å². The average molecular weight is 360 g/mol. The third-order valence-corrected chi connectivity index (χ3v) is 6.24. The second kappa shape index (κ2) is 6.37. The van der Waals surface area contributed by atoms with Crippen molar-refractivity contribution in [3.63, 3.8) is 0 Å². The van der Waals surface area contributed by atoms with Crippen molar-refractivity contribution in [1.29, 1.82) is 0 Å². The van der Waals surface area contributed by atoms with E-state index < -0.39 is 5.82 Å². The number of carbonyl (C=O) groups excluding carboxylic acids is 1. The molecule has 4 rings (SSSR count). The third kappa shape index (κ3) is 3.25. The van der Waals surface area contributed by atoms with Crippen LogP contribution in [0.15, 0.2) is 29.2 Å². The largest absolute Gasteiger partial charge is 0.341 e. The number of carbonyl (C=O) groups is 1. The highest BCUT2D eigenvalue weighted by molar-refractivity contribution is 7.07. The highest BCUT2D eigenvalue weighted by Gasteiger charge is 2.58. The van der Waals surface area contributed by atoms with Crippen molar-refractivity contribution in [3.8, 4) is 0 Å². The molecule has 2 aromatic heterocycles. The van der Waals surface area contributed by atoms with Gasteiger partial charge in [0.05, 0.1) is 12.4 Å². The average Bonchev–Trinajstić information content (AvgIpc) is 3.04. The fourth-order valence-corrected chi connectivity index (χ4v) is 4.61. The number of amides is 1. The Hall–Kier alpha value is -2.02. The van der Waals surface area contributed by atoms with E-state index in [-0.39, 0.29) is 11.3 Å². The van der Waals surface area contributed by atoms with Crippen LogP contribution in [0.3, 0.4) is 0 Å². The maximum atomic E-state index is 13.0.